The Morgan fingerprint density at radius 2 is 1.87 bits per heavy atom. The number of oxazole rings is 1. The normalized spacial score (nSPS) is 14.0. The maximum absolute atomic E-state index is 12.5. The minimum atomic E-state index is -0.554. The van der Waals surface area contributed by atoms with Gasteiger partial charge in [-0.2, -0.15) is 0 Å². The van der Waals surface area contributed by atoms with E-state index in [0.717, 1.165) is 29.7 Å². The van der Waals surface area contributed by atoms with Crippen LogP contribution in [0.5, 0.6) is 0 Å². The van der Waals surface area contributed by atoms with Crippen molar-refractivity contribution in [1.29, 1.82) is 0 Å². The highest BCUT2D eigenvalue weighted by atomic mass is 35.5. The van der Waals surface area contributed by atoms with E-state index >= 15 is 0 Å². The van der Waals surface area contributed by atoms with Gasteiger partial charge in [0, 0.05) is 16.6 Å². The molecule has 0 spiro atoms. The second kappa shape index (κ2) is 9.22. The average Bonchev–Trinajstić information content (AvgIpc) is 3.49. The Hall–Kier alpha value is -3.32. The van der Waals surface area contributed by atoms with Crippen LogP contribution in [0.4, 0.5) is 10.5 Å². The zero-order valence-electron chi connectivity index (χ0n) is 16.9. The zero-order valence-corrected chi connectivity index (χ0v) is 17.7. The summed E-state index contributed by atoms with van der Waals surface area (Å²) in [4.78, 5) is 28.7. The van der Waals surface area contributed by atoms with Crippen LogP contribution in [0.25, 0.3) is 0 Å². The standard InChI is InChI=1S/C23H22ClN3O4/c1-14(26-22(28)21-20(17-4-5-17)25-13-31-21)16-6-10-19(11-7-16)27-23(29)30-12-15-2-8-18(24)9-3-15/h2-3,6-11,13-14,17H,4-5,12H2,1H3,(H,26,28)(H,27,29). The number of halogens is 1. The van der Waals surface area contributed by atoms with Gasteiger partial charge in [0.2, 0.25) is 5.76 Å². The molecule has 31 heavy (non-hydrogen) atoms. The predicted molar refractivity (Wildman–Crippen MR) is 116 cm³/mol. The van der Waals surface area contributed by atoms with Gasteiger partial charge in [-0.1, -0.05) is 35.9 Å². The fourth-order valence-corrected chi connectivity index (χ4v) is 3.28. The van der Waals surface area contributed by atoms with E-state index in [1.165, 1.54) is 6.39 Å². The molecule has 0 saturated heterocycles. The van der Waals surface area contributed by atoms with Crippen molar-refractivity contribution in [3.05, 3.63) is 82.5 Å². The van der Waals surface area contributed by atoms with Crippen molar-refractivity contribution in [2.45, 2.75) is 38.3 Å². The third-order valence-corrected chi connectivity index (χ3v) is 5.31. The predicted octanol–water partition coefficient (Wildman–Crippen LogP) is 5.45. The number of anilines is 1. The van der Waals surface area contributed by atoms with E-state index in [2.05, 4.69) is 15.6 Å². The van der Waals surface area contributed by atoms with E-state index in [1.807, 2.05) is 19.1 Å². The first-order chi connectivity index (χ1) is 15.0. The van der Waals surface area contributed by atoms with Crippen LogP contribution in [-0.4, -0.2) is 17.0 Å². The molecule has 1 unspecified atom stereocenters. The van der Waals surface area contributed by atoms with Gasteiger partial charge in [-0.15, -0.1) is 0 Å². The number of carbonyl (C=O) groups is 2. The lowest BCUT2D eigenvalue weighted by molar-refractivity contribution is 0.0910. The highest BCUT2D eigenvalue weighted by molar-refractivity contribution is 6.30. The Morgan fingerprint density at radius 3 is 2.55 bits per heavy atom. The van der Waals surface area contributed by atoms with Gasteiger partial charge in [-0.25, -0.2) is 9.78 Å². The molecule has 2 aromatic carbocycles. The third kappa shape index (κ3) is 5.44. The molecule has 2 N–H and O–H groups in total. The number of nitrogens with zero attached hydrogens (tertiary/aromatic N) is 1. The highest BCUT2D eigenvalue weighted by Crippen LogP contribution is 2.40. The Kier molecular flexibility index (Phi) is 6.23. The summed E-state index contributed by atoms with van der Waals surface area (Å²) < 4.78 is 10.5. The molecule has 0 aliphatic heterocycles. The van der Waals surface area contributed by atoms with Crippen LogP contribution < -0.4 is 10.6 Å². The number of nitrogens with one attached hydrogen (secondary N) is 2. The molecular weight excluding hydrogens is 418 g/mol. The van der Waals surface area contributed by atoms with Gasteiger partial charge in [0.1, 0.15) is 6.61 Å². The molecule has 0 radical (unpaired) electrons. The van der Waals surface area contributed by atoms with Crippen molar-refractivity contribution in [3.8, 4) is 0 Å². The molecule has 160 valence electrons. The van der Waals surface area contributed by atoms with Crippen LogP contribution in [0.1, 0.15) is 59.1 Å². The number of hydrogen-bond donors (Lipinski definition) is 2. The van der Waals surface area contributed by atoms with Crippen molar-refractivity contribution in [2.75, 3.05) is 5.32 Å². The highest BCUT2D eigenvalue weighted by Gasteiger charge is 2.32. The van der Waals surface area contributed by atoms with E-state index in [4.69, 9.17) is 20.8 Å². The maximum atomic E-state index is 12.5. The molecule has 1 aromatic heterocycles. The first-order valence-corrected chi connectivity index (χ1v) is 10.4. The maximum Gasteiger partial charge on any atom is 0.411 e. The second-order valence-electron chi connectivity index (χ2n) is 7.49. The first kappa shape index (κ1) is 20.9. The van der Waals surface area contributed by atoms with Crippen LogP contribution in [0.2, 0.25) is 5.02 Å². The van der Waals surface area contributed by atoms with Crippen molar-refractivity contribution >= 4 is 29.3 Å². The van der Waals surface area contributed by atoms with Gasteiger partial charge in [-0.3, -0.25) is 10.1 Å². The number of aromatic nitrogens is 1. The smallest absolute Gasteiger partial charge is 0.411 e. The monoisotopic (exact) mass is 439 g/mol. The summed E-state index contributed by atoms with van der Waals surface area (Å²) in [6, 6.07) is 14.0. The molecule has 3 aromatic rings. The fraction of sp³-hybridized carbons (Fsp3) is 0.261. The van der Waals surface area contributed by atoms with Crippen LogP contribution in [0.15, 0.2) is 59.3 Å². The van der Waals surface area contributed by atoms with Crippen molar-refractivity contribution in [1.82, 2.24) is 10.3 Å². The SMILES string of the molecule is CC(NC(=O)c1ocnc1C1CC1)c1ccc(NC(=O)OCc2ccc(Cl)cc2)cc1. The zero-order chi connectivity index (χ0) is 21.8. The van der Waals surface area contributed by atoms with Gasteiger partial charge in [-0.05, 0) is 55.2 Å². The van der Waals surface area contributed by atoms with Crippen molar-refractivity contribution < 1.29 is 18.7 Å². The average molecular weight is 440 g/mol. The van der Waals surface area contributed by atoms with E-state index < -0.39 is 6.09 Å². The van der Waals surface area contributed by atoms with Crippen molar-refractivity contribution in [2.24, 2.45) is 0 Å². The number of hydrogen-bond acceptors (Lipinski definition) is 5. The summed E-state index contributed by atoms with van der Waals surface area (Å²) in [5.74, 6) is 0.343. The van der Waals surface area contributed by atoms with E-state index in [1.54, 1.807) is 36.4 Å². The lowest BCUT2D eigenvalue weighted by Gasteiger charge is -2.14. The molecular formula is C23H22ClN3O4. The Labute approximate surface area is 184 Å². The molecule has 1 heterocycles. The molecule has 1 saturated carbocycles. The summed E-state index contributed by atoms with van der Waals surface area (Å²) in [5.41, 5.74) is 3.06. The summed E-state index contributed by atoms with van der Waals surface area (Å²) in [6.07, 6.45) is 2.85. The summed E-state index contributed by atoms with van der Waals surface area (Å²) >= 11 is 5.84. The van der Waals surface area contributed by atoms with E-state index in [9.17, 15) is 9.59 Å². The molecule has 1 aliphatic carbocycles. The molecule has 2 amide bonds. The van der Waals surface area contributed by atoms with E-state index in [0.29, 0.717) is 16.6 Å². The molecule has 1 aliphatic rings. The van der Waals surface area contributed by atoms with Gasteiger partial charge in [0.15, 0.2) is 6.39 Å². The van der Waals surface area contributed by atoms with Crippen LogP contribution in [0.3, 0.4) is 0 Å². The van der Waals surface area contributed by atoms with Crippen molar-refractivity contribution in [3.63, 3.8) is 0 Å². The molecule has 7 nitrogen and oxygen atoms in total. The number of amides is 2. The molecule has 8 heteroatoms. The molecule has 0 bridgehead atoms. The van der Waals surface area contributed by atoms with Gasteiger partial charge >= 0.3 is 6.09 Å². The molecule has 1 fully saturated rings. The second-order valence-corrected chi connectivity index (χ2v) is 7.92. The van der Waals surface area contributed by atoms with E-state index in [-0.39, 0.29) is 24.3 Å². The number of rotatable bonds is 7. The summed E-state index contributed by atoms with van der Waals surface area (Å²) in [6.45, 7) is 2.03. The minimum absolute atomic E-state index is 0.147. The Bertz CT molecular complexity index is 1060. The number of ether oxygens (including phenoxy) is 1. The van der Waals surface area contributed by atoms with Crippen LogP contribution in [0, 0.1) is 0 Å². The quantitative estimate of drug-likeness (QED) is 0.510. The number of benzene rings is 2. The Balaban J connectivity index is 1.28. The largest absolute Gasteiger partial charge is 0.444 e. The summed E-state index contributed by atoms with van der Waals surface area (Å²) in [5, 5.41) is 6.24. The summed E-state index contributed by atoms with van der Waals surface area (Å²) in [7, 11) is 0. The molecule has 4 rings (SSSR count). The van der Waals surface area contributed by atoms with Crippen LogP contribution in [-0.2, 0) is 11.3 Å². The lowest BCUT2D eigenvalue weighted by atomic mass is 10.1. The fourth-order valence-electron chi connectivity index (χ4n) is 3.16. The molecule has 1 atom stereocenters. The topological polar surface area (TPSA) is 93.5 Å². The Morgan fingerprint density at radius 1 is 1.16 bits per heavy atom. The number of carbonyl (C=O) groups excluding carboxylic acids is 2. The lowest BCUT2D eigenvalue weighted by Crippen LogP contribution is -2.27. The van der Waals surface area contributed by atoms with Gasteiger partial charge in [0.25, 0.3) is 5.91 Å². The van der Waals surface area contributed by atoms with Crippen LogP contribution >= 0.6 is 11.6 Å². The first-order valence-electron chi connectivity index (χ1n) is 10.0. The van der Waals surface area contributed by atoms with Gasteiger partial charge < -0.3 is 14.5 Å². The van der Waals surface area contributed by atoms with Gasteiger partial charge in [0.05, 0.1) is 11.7 Å². The third-order valence-electron chi connectivity index (χ3n) is 5.05. The minimum Gasteiger partial charge on any atom is -0.444 e.